The molecule has 0 spiro atoms. The van der Waals surface area contributed by atoms with E-state index in [1.54, 1.807) is 0 Å². The van der Waals surface area contributed by atoms with E-state index in [-0.39, 0.29) is 0 Å². The lowest BCUT2D eigenvalue weighted by atomic mass is 10.1. The van der Waals surface area contributed by atoms with Crippen molar-refractivity contribution in [3.05, 3.63) is 0 Å². The van der Waals surface area contributed by atoms with E-state index in [2.05, 4.69) is 13.8 Å². The minimum atomic E-state index is 0.552. The minimum absolute atomic E-state index is 0.552. The van der Waals surface area contributed by atoms with Gasteiger partial charge in [-0.2, -0.15) is 0 Å². The summed E-state index contributed by atoms with van der Waals surface area (Å²) < 4.78 is 0. The highest BCUT2D eigenvalue weighted by molar-refractivity contribution is 5.47. The van der Waals surface area contributed by atoms with Gasteiger partial charge < -0.3 is 4.90 Å². The smallest absolute Gasteiger partial charge is 0.209 e. The third kappa shape index (κ3) is 3.37. The largest absolute Gasteiger partial charge is 0.342 e. The highest BCUT2D eigenvalue weighted by Gasteiger charge is 2.20. The van der Waals surface area contributed by atoms with Crippen LogP contribution < -0.4 is 0 Å². The van der Waals surface area contributed by atoms with Gasteiger partial charge in [0, 0.05) is 12.6 Å². The highest BCUT2D eigenvalue weighted by Crippen LogP contribution is 2.22. The first-order valence-corrected chi connectivity index (χ1v) is 5.45. The van der Waals surface area contributed by atoms with Crippen LogP contribution in [0.2, 0.25) is 0 Å². The van der Waals surface area contributed by atoms with Crippen LogP contribution in [0.5, 0.6) is 0 Å². The van der Waals surface area contributed by atoms with Gasteiger partial charge in [-0.25, -0.2) is 0 Å². The average Bonchev–Trinajstić information content (AvgIpc) is 2.58. The first kappa shape index (κ1) is 10.6. The van der Waals surface area contributed by atoms with Crippen molar-refractivity contribution in [3.63, 3.8) is 0 Å². The molecule has 0 N–H and O–H groups in total. The summed E-state index contributed by atoms with van der Waals surface area (Å²) in [5.41, 5.74) is 0. The molecule has 0 aliphatic heterocycles. The first-order chi connectivity index (χ1) is 6.24. The molecule has 0 saturated heterocycles. The fourth-order valence-corrected chi connectivity index (χ4v) is 1.96. The average molecular weight is 183 g/mol. The van der Waals surface area contributed by atoms with E-state index in [4.69, 9.17) is 0 Å². The molecule has 13 heavy (non-hydrogen) atoms. The lowest BCUT2D eigenvalue weighted by molar-refractivity contribution is -0.120. The molecule has 0 atom stereocenters. The van der Waals surface area contributed by atoms with Crippen molar-refractivity contribution in [3.8, 4) is 0 Å². The van der Waals surface area contributed by atoms with Gasteiger partial charge in [-0.05, 0) is 25.2 Å². The Hall–Kier alpha value is -0.530. The van der Waals surface area contributed by atoms with E-state index in [9.17, 15) is 4.79 Å². The topological polar surface area (TPSA) is 20.3 Å². The van der Waals surface area contributed by atoms with Crippen molar-refractivity contribution < 1.29 is 4.79 Å². The number of amides is 1. The van der Waals surface area contributed by atoms with Crippen LogP contribution in [0, 0.1) is 5.92 Å². The Morgan fingerprint density at radius 1 is 1.38 bits per heavy atom. The molecule has 1 amide bonds. The van der Waals surface area contributed by atoms with Gasteiger partial charge >= 0.3 is 0 Å². The zero-order valence-electron chi connectivity index (χ0n) is 8.83. The molecular formula is C11H21NO. The molecule has 0 aromatic rings. The van der Waals surface area contributed by atoms with E-state index < -0.39 is 0 Å². The maximum Gasteiger partial charge on any atom is 0.209 e. The SMILES string of the molecule is CC(C)CCN(C=O)C1CCCC1. The molecule has 1 aliphatic carbocycles. The molecule has 1 fully saturated rings. The second-order valence-electron chi connectivity index (χ2n) is 4.46. The standard InChI is InChI=1S/C11H21NO/c1-10(2)7-8-12(9-13)11-5-3-4-6-11/h9-11H,3-8H2,1-2H3. The molecule has 1 rings (SSSR count). The predicted octanol–water partition coefficient (Wildman–Crippen LogP) is 2.43. The van der Waals surface area contributed by atoms with Gasteiger partial charge in [0.2, 0.25) is 6.41 Å². The summed E-state index contributed by atoms with van der Waals surface area (Å²) in [4.78, 5) is 12.8. The van der Waals surface area contributed by atoms with Gasteiger partial charge in [-0.1, -0.05) is 26.7 Å². The Kier molecular flexibility index (Phi) is 4.26. The van der Waals surface area contributed by atoms with E-state index in [0.717, 1.165) is 19.4 Å². The predicted molar refractivity (Wildman–Crippen MR) is 54.5 cm³/mol. The van der Waals surface area contributed by atoms with Gasteiger partial charge in [-0.15, -0.1) is 0 Å². The number of rotatable bonds is 5. The van der Waals surface area contributed by atoms with Gasteiger partial charge in [0.05, 0.1) is 0 Å². The minimum Gasteiger partial charge on any atom is -0.342 e. The first-order valence-electron chi connectivity index (χ1n) is 5.45. The van der Waals surface area contributed by atoms with Crippen LogP contribution >= 0.6 is 0 Å². The summed E-state index contributed by atoms with van der Waals surface area (Å²) >= 11 is 0. The van der Waals surface area contributed by atoms with Crippen molar-refractivity contribution in [1.82, 2.24) is 4.90 Å². The second-order valence-corrected chi connectivity index (χ2v) is 4.46. The van der Waals surface area contributed by atoms with Crippen molar-refractivity contribution in [2.45, 2.75) is 52.0 Å². The fourth-order valence-electron chi connectivity index (χ4n) is 1.96. The Morgan fingerprint density at radius 2 is 2.00 bits per heavy atom. The number of hydrogen-bond donors (Lipinski definition) is 0. The monoisotopic (exact) mass is 183 g/mol. The number of carbonyl (C=O) groups is 1. The summed E-state index contributed by atoms with van der Waals surface area (Å²) in [6.45, 7) is 5.36. The lowest BCUT2D eigenvalue weighted by Crippen LogP contribution is -2.33. The Labute approximate surface area is 81.3 Å². The summed E-state index contributed by atoms with van der Waals surface area (Å²) in [5.74, 6) is 0.698. The van der Waals surface area contributed by atoms with Crippen LogP contribution in [0.4, 0.5) is 0 Å². The Balaban J connectivity index is 2.28. The van der Waals surface area contributed by atoms with E-state index in [1.165, 1.54) is 25.7 Å². The van der Waals surface area contributed by atoms with E-state index in [0.29, 0.717) is 12.0 Å². The Bertz CT molecular complexity index is 150. The molecule has 0 bridgehead atoms. The van der Waals surface area contributed by atoms with Gasteiger partial charge in [0.15, 0.2) is 0 Å². The number of carbonyl (C=O) groups excluding carboxylic acids is 1. The van der Waals surface area contributed by atoms with Gasteiger partial charge in [-0.3, -0.25) is 4.79 Å². The van der Waals surface area contributed by atoms with Gasteiger partial charge in [0.1, 0.15) is 0 Å². The molecule has 0 aromatic carbocycles. The molecule has 1 aliphatic rings. The van der Waals surface area contributed by atoms with Crippen LogP contribution in [0.1, 0.15) is 46.0 Å². The number of hydrogen-bond acceptors (Lipinski definition) is 1. The molecule has 1 saturated carbocycles. The van der Waals surface area contributed by atoms with Crippen molar-refractivity contribution in [2.24, 2.45) is 5.92 Å². The van der Waals surface area contributed by atoms with Crippen molar-refractivity contribution >= 4 is 6.41 Å². The van der Waals surface area contributed by atoms with Gasteiger partial charge in [0.25, 0.3) is 0 Å². The summed E-state index contributed by atoms with van der Waals surface area (Å²) in [6, 6.07) is 0.552. The van der Waals surface area contributed by atoms with Crippen molar-refractivity contribution in [1.29, 1.82) is 0 Å². The summed E-state index contributed by atoms with van der Waals surface area (Å²) in [6.07, 6.45) is 7.22. The quantitative estimate of drug-likeness (QED) is 0.599. The maximum atomic E-state index is 10.8. The lowest BCUT2D eigenvalue weighted by Gasteiger charge is -2.25. The summed E-state index contributed by atoms with van der Waals surface area (Å²) in [5, 5.41) is 0. The third-order valence-corrected chi connectivity index (χ3v) is 2.89. The van der Waals surface area contributed by atoms with Crippen LogP contribution in [0.3, 0.4) is 0 Å². The van der Waals surface area contributed by atoms with Crippen LogP contribution in [-0.4, -0.2) is 23.9 Å². The molecular weight excluding hydrogens is 162 g/mol. The highest BCUT2D eigenvalue weighted by atomic mass is 16.1. The fraction of sp³-hybridized carbons (Fsp3) is 0.909. The molecule has 0 aromatic heterocycles. The van der Waals surface area contributed by atoms with E-state index in [1.807, 2.05) is 4.90 Å². The summed E-state index contributed by atoms with van der Waals surface area (Å²) in [7, 11) is 0. The normalized spacial score (nSPS) is 18.1. The van der Waals surface area contributed by atoms with Crippen LogP contribution in [0.25, 0.3) is 0 Å². The van der Waals surface area contributed by atoms with Crippen molar-refractivity contribution in [2.75, 3.05) is 6.54 Å². The van der Waals surface area contributed by atoms with E-state index >= 15 is 0 Å². The second kappa shape index (κ2) is 5.25. The van der Waals surface area contributed by atoms with Crippen LogP contribution in [0.15, 0.2) is 0 Å². The Morgan fingerprint density at radius 3 is 2.46 bits per heavy atom. The molecule has 0 radical (unpaired) electrons. The zero-order chi connectivity index (χ0) is 9.68. The molecule has 0 unspecified atom stereocenters. The zero-order valence-corrected chi connectivity index (χ0v) is 8.83. The van der Waals surface area contributed by atoms with Crippen LogP contribution in [-0.2, 0) is 4.79 Å². The number of nitrogens with zero attached hydrogens (tertiary/aromatic N) is 1. The molecule has 0 heterocycles. The maximum absolute atomic E-state index is 10.8. The molecule has 2 nitrogen and oxygen atoms in total. The molecule has 76 valence electrons. The molecule has 2 heteroatoms. The third-order valence-electron chi connectivity index (χ3n) is 2.89.